The maximum Gasteiger partial charge on any atom is 0.419 e. The minimum absolute atomic E-state index is 0.432. The first-order chi connectivity index (χ1) is 11.7. The third-order valence-corrected chi connectivity index (χ3v) is 3.06. The van der Waals surface area contributed by atoms with Crippen molar-refractivity contribution in [2.75, 3.05) is 0 Å². The molecule has 0 saturated heterocycles. The van der Waals surface area contributed by atoms with Gasteiger partial charge >= 0.3 is 11.9 Å². The Kier molecular flexibility index (Phi) is 5.65. The number of carbonyl (C=O) groups is 2. The highest BCUT2D eigenvalue weighted by molar-refractivity contribution is 6.29. The maximum absolute atomic E-state index is 11.8. The van der Waals surface area contributed by atoms with Crippen molar-refractivity contribution in [1.82, 2.24) is 0 Å². The highest BCUT2D eigenvalue weighted by Gasteiger charge is 2.27. The summed E-state index contributed by atoms with van der Waals surface area (Å²) in [4.78, 5) is 23.6. The molecule has 118 valence electrons. The average Bonchev–Trinajstić information content (AvgIpc) is 2.65. The Hall–Kier alpha value is -3.64. The van der Waals surface area contributed by atoms with Crippen LogP contribution in [0.15, 0.2) is 60.7 Å². The van der Waals surface area contributed by atoms with Crippen molar-refractivity contribution in [3.63, 3.8) is 0 Å². The van der Waals surface area contributed by atoms with Crippen molar-refractivity contribution in [2.24, 2.45) is 0 Å². The minimum Gasteiger partial charge on any atom is -0.434 e. The van der Waals surface area contributed by atoms with Crippen molar-refractivity contribution < 1.29 is 19.1 Å². The molecule has 2 aromatic carbocycles. The quantitative estimate of drug-likeness (QED) is 0.634. The van der Waals surface area contributed by atoms with Crippen molar-refractivity contribution in [3.8, 4) is 12.1 Å². The summed E-state index contributed by atoms with van der Waals surface area (Å²) in [6.07, 6.45) is -2.47. The van der Waals surface area contributed by atoms with Crippen LogP contribution < -0.4 is 0 Å². The molecule has 0 amide bonds. The summed E-state index contributed by atoms with van der Waals surface area (Å²) in [5.74, 6) is -2.66. The number of rotatable bonds is 4. The lowest BCUT2D eigenvalue weighted by Gasteiger charge is -2.13. The van der Waals surface area contributed by atoms with Crippen molar-refractivity contribution in [1.29, 1.82) is 10.5 Å². The van der Waals surface area contributed by atoms with Gasteiger partial charge in [0.2, 0.25) is 12.2 Å². The average molecular weight is 320 g/mol. The summed E-state index contributed by atoms with van der Waals surface area (Å²) in [6.45, 7) is 0. The topological polar surface area (TPSA) is 100 Å². The van der Waals surface area contributed by atoms with Crippen LogP contribution in [0, 0.1) is 22.7 Å². The van der Waals surface area contributed by atoms with Crippen LogP contribution in [0.3, 0.4) is 0 Å². The largest absolute Gasteiger partial charge is 0.434 e. The van der Waals surface area contributed by atoms with E-state index in [4.69, 9.17) is 20.0 Å². The smallest absolute Gasteiger partial charge is 0.419 e. The highest BCUT2D eigenvalue weighted by Crippen LogP contribution is 2.19. The van der Waals surface area contributed by atoms with Gasteiger partial charge in [0.25, 0.3) is 0 Å². The van der Waals surface area contributed by atoms with Crippen LogP contribution in [0.5, 0.6) is 0 Å². The first-order valence-corrected chi connectivity index (χ1v) is 6.96. The van der Waals surface area contributed by atoms with Gasteiger partial charge in [-0.1, -0.05) is 60.7 Å². The van der Waals surface area contributed by atoms with Gasteiger partial charge in [0.15, 0.2) is 0 Å². The Balaban J connectivity index is 2.03. The molecule has 0 heterocycles. The van der Waals surface area contributed by atoms with E-state index in [1.807, 2.05) is 0 Å². The van der Waals surface area contributed by atoms with E-state index >= 15 is 0 Å². The van der Waals surface area contributed by atoms with Crippen molar-refractivity contribution in [2.45, 2.75) is 12.2 Å². The van der Waals surface area contributed by atoms with E-state index in [9.17, 15) is 9.59 Å². The fraction of sp³-hybridized carbons (Fsp3) is 0.111. The number of benzene rings is 2. The third-order valence-electron chi connectivity index (χ3n) is 3.06. The summed E-state index contributed by atoms with van der Waals surface area (Å²) in [7, 11) is 0. The van der Waals surface area contributed by atoms with Crippen LogP contribution in [0.4, 0.5) is 0 Å². The molecule has 0 spiro atoms. The van der Waals surface area contributed by atoms with E-state index < -0.39 is 24.1 Å². The van der Waals surface area contributed by atoms with Crippen molar-refractivity contribution in [3.05, 3.63) is 71.8 Å². The van der Waals surface area contributed by atoms with Crippen molar-refractivity contribution >= 4 is 11.9 Å². The summed E-state index contributed by atoms with van der Waals surface area (Å²) >= 11 is 0. The number of ether oxygens (including phenoxy) is 2. The Morgan fingerprint density at radius 2 is 1.04 bits per heavy atom. The van der Waals surface area contributed by atoms with Gasteiger partial charge in [0.05, 0.1) is 0 Å². The Morgan fingerprint density at radius 3 is 1.33 bits per heavy atom. The molecule has 0 aliphatic carbocycles. The summed E-state index contributed by atoms with van der Waals surface area (Å²) < 4.78 is 9.69. The second-order valence-corrected chi connectivity index (χ2v) is 4.65. The molecule has 0 aliphatic rings. The molecule has 0 aliphatic heterocycles. The lowest BCUT2D eigenvalue weighted by atomic mass is 10.1. The monoisotopic (exact) mass is 320 g/mol. The summed E-state index contributed by atoms with van der Waals surface area (Å²) in [5, 5.41) is 18.2. The number of esters is 2. The standard InChI is InChI=1S/C18H12N2O4/c19-11-15(13-7-3-1-4-8-13)23-17(21)18(22)24-16(12-20)14-9-5-2-6-10-14/h1-10,15-16H/t15-,16-/m1/s1. The normalized spacial score (nSPS) is 12.1. The molecule has 2 rings (SSSR count). The van der Waals surface area contributed by atoms with Crippen LogP contribution in [0.2, 0.25) is 0 Å². The van der Waals surface area contributed by atoms with Gasteiger partial charge in [0, 0.05) is 11.1 Å². The molecule has 0 saturated carbocycles. The molecule has 0 unspecified atom stereocenters. The number of carbonyl (C=O) groups excluding carboxylic acids is 2. The van der Waals surface area contributed by atoms with Crippen LogP contribution in [0.1, 0.15) is 23.3 Å². The van der Waals surface area contributed by atoms with Gasteiger partial charge in [-0.25, -0.2) is 9.59 Å². The van der Waals surface area contributed by atoms with Gasteiger partial charge in [-0.05, 0) is 0 Å². The third kappa shape index (κ3) is 4.19. The first-order valence-electron chi connectivity index (χ1n) is 6.96. The zero-order valence-electron chi connectivity index (χ0n) is 12.5. The fourth-order valence-electron chi connectivity index (χ4n) is 1.90. The number of nitriles is 2. The SMILES string of the molecule is N#C[C@@H](OC(=O)C(=O)O[C@H](C#N)c1ccccc1)c1ccccc1. The predicted molar refractivity (Wildman–Crippen MR) is 81.8 cm³/mol. The Bertz CT molecular complexity index is 722. The van der Waals surface area contributed by atoms with E-state index in [2.05, 4.69) is 0 Å². The maximum atomic E-state index is 11.8. The summed E-state index contributed by atoms with van der Waals surface area (Å²) in [5.41, 5.74) is 0.863. The molecule has 0 fully saturated rings. The highest BCUT2D eigenvalue weighted by atomic mass is 16.6. The van der Waals surface area contributed by atoms with E-state index in [0.29, 0.717) is 11.1 Å². The molecule has 0 N–H and O–H groups in total. The molecule has 24 heavy (non-hydrogen) atoms. The van der Waals surface area contributed by atoms with E-state index in [1.165, 1.54) is 0 Å². The van der Waals surface area contributed by atoms with Crippen LogP contribution >= 0.6 is 0 Å². The molecular weight excluding hydrogens is 308 g/mol. The van der Waals surface area contributed by atoms with Gasteiger partial charge in [0.1, 0.15) is 12.1 Å². The first kappa shape index (κ1) is 16.7. The number of hydrogen-bond donors (Lipinski definition) is 0. The zero-order valence-corrected chi connectivity index (χ0v) is 12.5. The fourth-order valence-corrected chi connectivity index (χ4v) is 1.90. The van der Waals surface area contributed by atoms with Gasteiger partial charge < -0.3 is 9.47 Å². The number of hydrogen-bond acceptors (Lipinski definition) is 6. The molecule has 6 nitrogen and oxygen atoms in total. The van der Waals surface area contributed by atoms with Gasteiger partial charge in [-0.2, -0.15) is 10.5 Å². The van der Waals surface area contributed by atoms with Crippen LogP contribution in [-0.2, 0) is 19.1 Å². The summed E-state index contributed by atoms with van der Waals surface area (Å²) in [6, 6.07) is 20.1. The molecular formula is C18H12N2O4. The lowest BCUT2D eigenvalue weighted by Crippen LogP contribution is -2.23. The Labute approximate surface area is 138 Å². The molecule has 2 atom stereocenters. The van der Waals surface area contributed by atoms with Crippen LogP contribution in [0.25, 0.3) is 0 Å². The number of nitrogens with zero attached hydrogens (tertiary/aromatic N) is 2. The van der Waals surface area contributed by atoms with Crippen LogP contribution in [-0.4, -0.2) is 11.9 Å². The second kappa shape index (κ2) is 8.11. The lowest BCUT2D eigenvalue weighted by molar-refractivity contribution is -0.171. The molecule has 2 aromatic rings. The molecule has 0 aromatic heterocycles. The van der Waals surface area contributed by atoms with Gasteiger partial charge in [-0.3, -0.25) is 0 Å². The zero-order chi connectivity index (χ0) is 17.4. The second-order valence-electron chi connectivity index (χ2n) is 4.65. The predicted octanol–water partition coefficient (Wildman–Crippen LogP) is 2.60. The molecule has 0 radical (unpaired) electrons. The Morgan fingerprint density at radius 1 is 0.708 bits per heavy atom. The van der Waals surface area contributed by atoms with E-state index in [-0.39, 0.29) is 0 Å². The van der Waals surface area contributed by atoms with E-state index in [1.54, 1.807) is 72.8 Å². The molecule has 0 bridgehead atoms. The van der Waals surface area contributed by atoms with E-state index in [0.717, 1.165) is 0 Å². The minimum atomic E-state index is -1.33. The van der Waals surface area contributed by atoms with Gasteiger partial charge in [-0.15, -0.1) is 0 Å². The molecule has 6 heteroatoms.